The molecule has 12 nitrogen and oxygen atoms in total. The minimum atomic E-state index is -3.92. The summed E-state index contributed by atoms with van der Waals surface area (Å²) in [7, 11) is -3.92. The van der Waals surface area contributed by atoms with Crippen LogP contribution in [0.1, 0.15) is 83.1 Å². The molecule has 240 valence electrons. The Balaban J connectivity index is 0.000000978. The van der Waals surface area contributed by atoms with Gasteiger partial charge in [-0.25, -0.2) is 18.2 Å². The first-order valence-corrected chi connectivity index (χ1v) is 16.1. The van der Waals surface area contributed by atoms with Crippen LogP contribution < -0.4 is 20.7 Å². The maximum absolute atomic E-state index is 12.8. The van der Waals surface area contributed by atoms with E-state index in [-0.39, 0.29) is 34.8 Å². The van der Waals surface area contributed by atoms with Gasteiger partial charge in [-0.1, -0.05) is 38.1 Å². The minimum Gasteiger partial charge on any atom is -0.748 e. The number of nitrogens with one attached hydrogen (secondary N) is 2. The number of hydrogen-bond acceptors (Lipinski definition) is 9. The number of aromatic nitrogens is 2. The molecule has 44 heavy (non-hydrogen) atoms. The van der Waals surface area contributed by atoms with E-state index in [9.17, 15) is 9.59 Å². The number of pyridine rings is 1. The summed E-state index contributed by atoms with van der Waals surface area (Å²) in [6.07, 6.45) is 4.44. The van der Waals surface area contributed by atoms with Crippen molar-refractivity contribution in [1.82, 2.24) is 10.1 Å². The van der Waals surface area contributed by atoms with E-state index >= 15 is 0 Å². The molecule has 0 spiro atoms. The highest BCUT2D eigenvalue weighted by molar-refractivity contribution is 7.84. The summed E-state index contributed by atoms with van der Waals surface area (Å²) >= 11 is 0. The lowest BCUT2D eigenvalue weighted by molar-refractivity contribution is -0.789. The molecule has 0 saturated carbocycles. The van der Waals surface area contributed by atoms with Gasteiger partial charge in [0.15, 0.2) is 11.6 Å². The van der Waals surface area contributed by atoms with E-state index in [1.54, 1.807) is 30.5 Å². The van der Waals surface area contributed by atoms with Gasteiger partial charge in [-0.2, -0.15) is 0 Å². The monoisotopic (exact) mass is 629 g/mol. The second-order valence-corrected chi connectivity index (χ2v) is 15.0. The van der Waals surface area contributed by atoms with Crippen molar-refractivity contribution in [1.29, 1.82) is 0 Å². The molecule has 4 N–H and O–H groups in total. The predicted molar refractivity (Wildman–Crippen MR) is 166 cm³/mol. The van der Waals surface area contributed by atoms with Crippen LogP contribution in [0.5, 0.6) is 5.75 Å². The fourth-order valence-electron chi connectivity index (χ4n) is 5.26. The van der Waals surface area contributed by atoms with Gasteiger partial charge in [0.05, 0.1) is 27.4 Å². The number of ether oxygens (including phenoxy) is 1. The zero-order valence-electron chi connectivity index (χ0n) is 26.6. The fourth-order valence-corrected chi connectivity index (χ4v) is 5.26. The summed E-state index contributed by atoms with van der Waals surface area (Å²) in [6.45, 7) is 15.0. The molecule has 0 radical (unpaired) electrons. The van der Waals surface area contributed by atoms with Gasteiger partial charge in [0.1, 0.15) is 23.3 Å². The van der Waals surface area contributed by atoms with Gasteiger partial charge in [0.25, 0.3) is 0 Å². The second-order valence-electron chi connectivity index (χ2n) is 13.6. The highest BCUT2D eigenvalue weighted by atomic mass is 32.2. The van der Waals surface area contributed by atoms with Gasteiger partial charge >= 0.3 is 6.03 Å². The first-order chi connectivity index (χ1) is 20.2. The molecular formula is C31H43N5O7S. The molecule has 1 aromatic carbocycles. The molecule has 4 rings (SSSR count). The van der Waals surface area contributed by atoms with Crippen molar-refractivity contribution < 1.29 is 37.1 Å². The minimum absolute atomic E-state index is 0.0878. The Hall–Kier alpha value is -3.81. The predicted octanol–water partition coefficient (Wildman–Crippen LogP) is 4.26. The van der Waals surface area contributed by atoms with Crippen LogP contribution in [0.25, 0.3) is 0 Å². The number of nitrogens with two attached hydrogens (primary N) is 1. The smallest absolute Gasteiger partial charge is 0.324 e. The summed E-state index contributed by atoms with van der Waals surface area (Å²) in [5, 5.41) is 11.7. The van der Waals surface area contributed by atoms with Crippen molar-refractivity contribution in [2.75, 3.05) is 16.9 Å². The lowest BCUT2D eigenvalue weighted by Crippen LogP contribution is -3.06. The molecule has 13 heteroatoms. The van der Waals surface area contributed by atoms with Gasteiger partial charge in [0.2, 0.25) is 0 Å². The molecule has 0 unspecified atom stereocenters. The van der Waals surface area contributed by atoms with E-state index in [2.05, 4.69) is 53.8 Å². The average Bonchev–Trinajstić information content (AvgIpc) is 3.32. The van der Waals surface area contributed by atoms with E-state index in [1.165, 1.54) is 0 Å². The first kappa shape index (κ1) is 34.7. The van der Waals surface area contributed by atoms with Crippen LogP contribution in [0, 0.1) is 0 Å². The Morgan fingerprint density at radius 2 is 1.64 bits per heavy atom. The van der Waals surface area contributed by atoms with Crippen molar-refractivity contribution >= 4 is 33.4 Å². The molecule has 0 atom stereocenters. The lowest BCUT2D eigenvalue weighted by Gasteiger charge is -2.42. The molecule has 1 fully saturated rings. The third kappa shape index (κ3) is 11.7. The van der Waals surface area contributed by atoms with Crippen molar-refractivity contribution in [3.63, 3.8) is 0 Å². The molecular weight excluding hydrogens is 586 g/mol. The lowest BCUT2D eigenvalue weighted by atomic mass is 9.81. The number of hydrogen-bond donors (Lipinski definition) is 3. The number of carbonyl (C=O) groups excluding carboxylic acids is 2. The summed E-state index contributed by atoms with van der Waals surface area (Å²) in [5.74, 6) is 1.61. The van der Waals surface area contributed by atoms with Crippen molar-refractivity contribution in [3.8, 4) is 5.75 Å². The Kier molecular flexibility index (Phi) is 10.6. The van der Waals surface area contributed by atoms with Crippen molar-refractivity contribution in [2.24, 2.45) is 0 Å². The fraction of sp³-hybridized carbons (Fsp3) is 0.484. The van der Waals surface area contributed by atoms with Gasteiger partial charge in [-0.3, -0.25) is 10.1 Å². The van der Waals surface area contributed by atoms with E-state index in [1.807, 2.05) is 39.0 Å². The van der Waals surface area contributed by atoms with Crippen LogP contribution in [-0.4, -0.2) is 58.4 Å². The third-order valence-electron chi connectivity index (χ3n) is 6.68. The molecule has 1 saturated heterocycles. The normalized spacial score (nSPS) is 16.3. The van der Waals surface area contributed by atoms with Crippen LogP contribution >= 0.6 is 0 Å². The molecule has 2 aromatic heterocycles. The van der Waals surface area contributed by atoms with Crippen LogP contribution in [0.4, 0.5) is 16.3 Å². The molecule has 0 aliphatic carbocycles. The number of benzene rings is 1. The van der Waals surface area contributed by atoms with Gasteiger partial charge in [-0.15, -0.1) is 0 Å². The number of anilines is 2. The highest BCUT2D eigenvalue weighted by Crippen LogP contribution is 2.27. The van der Waals surface area contributed by atoms with Gasteiger partial charge in [-0.05, 0) is 57.5 Å². The van der Waals surface area contributed by atoms with Crippen molar-refractivity contribution in [2.45, 2.75) is 90.3 Å². The topological polar surface area (TPSA) is 180 Å². The zero-order valence-corrected chi connectivity index (χ0v) is 27.4. The van der Waals surface area contributed by atoms with E-state index in [0.29, 0.717) is 35.0 Å². The SMILES string of the molecule is CC1(C)CC(Oc2ccc(C(=O)Cc3ccc(NC(=O)Nc4cc(C(C)(C)C)on4)cc3)nc2)CC(C)(C)[NH2+]1.CS(=O)(=O)[O-]. The summed E-state index contributed by atoms with van der Waals surface area (Å²) in [4.78, 5) is 29.5. The second kappa shape index (κ2) is 13.4. The Morgan fingerprint density at radius 1 is 1.05 bits per heavy atom. The first-order valence-electron chi connectivity index (χ1n) is 14.3. The number of carbonyl (C=O) groups is 2. The Morgan fingerprint density at radius 3 is 2.14 bits per heavy atom. The third-order valence-corrected chi connectivity index (χ3v) is 6.68. The number of Topliss-reactive ketones (excluding diaryl/α,β-unsaturated/α-hetero) is 1. The van der Waals surface area contributed by atoms with Crippen LogP contribution in [0.3, 0.4) is 0 Å². The quantitative estimate of drug-likeness (QED) is 0.254. The molecule has 3 heterocycles. The molecule has 1 aliphatic heterocycles. The Bertz CT molecular complexity index is 1520. The van der Waals surface area contributed by atoms with E-state index in [0.717, 1.165) is 18.4 Å². The number of nitrogens with zero attached hydrogens (tertiary/aromatic N) is 2. The number of urea groups is 1. The summed E-state index contributed by atoms with van der Waals surface area (Å²) in [6, 6.07) is 11.9. The molecule has 2 amide bonds. The number of ketones is 1. The zero-order chi connectivity index (χ0) is 32.9. The number of quaternary nitrogens is 1. The largest absolute Gasteiger partial charge is 0.748 e. The van der Waals surface area contributed by atoms with Crippen LogP contribution in [-0.2, 0) is 22.0 Å². The number of piperidine rings is 1. The highest BCUT2D eigenvalue weighted by Gasteiger charge is 2.42. The maximum atomic E-state index is 12.8. The number of rotatable bonds is 7. The summed E-state index contributed by atoms with van der Waals surface area (Å²) in [5.41, 5.74) is 1.82. The van der Waals surface area contributed by atoms with E-state index < -0.39 is 16.1 Å². The van der Waals surface area contributed by atoms with Gasteiger partial charge < -0.3 is 24.4 Å². The Labute approximate surface area is 259 Å². The molecule has 3 aromatic rings. The van der Waals surface area contributed by atoms with E-state index in [4.69, 9.17) is 22.2 Å². The van der Waals surface area contributed by atoms with Crippen LogP contribution in [0.2, 0.25) is 0 Å². The summed E-state index contributed by atoms with van der Waals surface area (Å²) < 4.78 is 38.8. The standard InChI is InChI=1S/C30H39N5O4.CH4O3S/c1-28(2,3)25-15-26(34-39-25)33-27(37)32-20-10-8-19(9-11-20)14-24(36)23-13-12-21(18-31-23)38-22-16-29(4,5)35-30(6,7)17-22;1-5(2,3)4/h8-13,15,18,22,35H,14,16-17H2,1-7H3,(H2,32,33,34,37);1H3,(H,2,3,4). The maximum Gasteiger partial charge on any atom is 0.324 e. The average molecular weight is 630 g/mol. The number of amides is 2. The van der Waals surface area contributed by atoms with Crippen LogP contribution in [0.15, 0.2) is 53.2 Å². The molecule has 1 aliphatic rings. The van der Waals surface area contributed by atoms with Crippen molar-refractivity contribution in [3.05, 3.63) is 65.7 Å². The molecule has 0 bridgehead atoms. The van der Waals surface area contributed by atoms with Gasteiger partial charge in [0, 0.05) is 42.7 Å².